The average Bonchev–Trinajstić information content (AvgIpc) is 2.49. The summed E-state index contributed by atoms with van der Waals surface area (Å²) in [6, 6.07) is 1.58. The van der Waals surface area contributed by atoms with E-state index in [-0.39, 0.29) is 17.3 Å². The van der Waals surface area contributed by atoms with Gasteiger partial charge in [0.1, 0.15) is 0 Å². The first kappa shape index (κ1) is 15.6. The number of benzene rings is 1. The van der Waals surface area contributed by atoms with Crippen LogP contribution in [0, 0.1) is 11.6 Å². The molecule has 3 N–H and O–H groups in total. The quantitative estimate of drug-likeness (QED) is 0.379. The molecule has 0 amide bonds. The molecule has 21 heavy (non-hydrogen) atoms. The summed E-state index contributed by atoms with van der Waals surface area (Å²) in [6.07, 6.45) is 1.74. The highest BCUT2D eigenvalue weighted by molar-refractivity contribution is 7.89. The molecule has 116 valence electrons. The van der Waals surface area contributed by atoms with Gasteiger partial charge in [0.25, 0.3) is 0 Å². The minimum atomic E-state index is -4.05. The highest BCUT2D eigenvalue weighted by Crippen LogP contribution is 2.26. The van der Waals surface area contributed by atoms with E-state index >= 15 is 0 Å². The molecule has 1 heterocycles. The van der Waals surface area contributed by atoms with Crippen molar-refractivity contribution in [2.75, 3.05) is 6.54 Å². The van der Waals surface area contributed by atoms with Crippen molar-refractivity contribution in [3.05, 3.63) is 29.8 Å². The Kier molecular flexibility index (Phi) is 4.43. The van der Waals surface area contributed by atoms with Gasteiger partial charge in [0.05, 0.1) is 10.9 Å². The SMILES string of the molecule is NC(=NO)C1CCCCN1S(=O)(=O)c1ccc(F)c(F)c1. The van der Waals surface area contributed by atoms with Crippen LogP contribution >= 0.6 is 0 Å². The van der Waals surface area contributed by atoms with Gasteiger partial charge in [-0.3, -0.25) is 0 Å². The molecule has 0 bridgehead atoms. The molecular weight excluding hydrogens is 304 g/mol. The van der Waals surface area contributed by atoms with E-state index in [1.807, 2.05) is 0 Å². The molecule has 0 radical (unpaired) electrons. The van der Waals surface area contributed by atoms with Crippen molar-refractivity contribution in [1.82, 2.24) is 4.31 Å². The number of hydrogen-bond acceptors (Lipinski definition) is 4. The third kappa shape index (κ3) is 2.98. The minimum Gasteiger partial charge on any atom is -0.409 e. The number of rotatable bonds is 3. The number of hydrogen-bond donors (Lipinski definition) is 2. The molecule has 0 saturated carbocycles. The van der Waals surface area contributed by atoms with Crippen molar-refractivity contribution in [2.24, 2.45) is 10.9 Å². The molecule has 1 aromatic carbocycles. The van der Waals surface area contributed by atoms with Crippen LogP contribution in [-0.2, 0) is 10.0 Å². The molecule has 0 aliphatic carbocycles. The molecule has 1 aliphatic rings. The lowest BCUT2D eigenvalue weighted by Gasteiger charge is -2.33. The number of amidine groups is 1. The molecule has 1 saturated heterocycles. The lowest BCUT2D eigenvalue weighted by atomic mass is 10.0. The first-order valence-corrected chi connectivity index (χ1v) is 7.76. The van der Waals surface area contributed by atoms with Crippen LogP contribution in [-0.4, -0.2) is 36.4 Å². The van der Waals surface area contributed by atoms with E-state index < -0.39 is 27.7 Å². The van der Waals surface area contributed by atoms with Crippen molar-refractivity contribution in [3.63, 3.8) is 0 Å². The summed E-state index contributed by atoms with van der Waals surface area (Å²) in [6.45, 7) is 0.169. The first-order chi connectivity index (χ1) is 9.87. The van der Waals surface area contributed by atoms with E-state index in [4.69, 9.17) is 10.9 Å². The van der Waals surface area contributed by atoms with Crippen molar-refractivity contribution in [2.45, 2.75) is 30.2 Å². The van der Waals surface area contributed by atoms with Crippen LogP contribution in [0.1, 0.15) is 19.3 Å². The van der Waals surface area contributed by atoms with Gasteiger partial charge in [-0.15, -0.1) is 0 Å². The minimum absolute atomic E-state index is 0.169. The van der Waals surface area contributed by atoms with Crippen molar-refractivity contribution >= 4 is 15.9 Å². The fraction of sp³-hybridized carbons (Fsp3) is 0.417. The summed E-state index contributed by atoms with van der Waals surface area (Å²) in [4.78, 5) is -0.362. The van der Waals surface area contributed by atoms with Crippen LogP contribution in [0.25, 0.3) is 0 Å². The first-order valence-electron chi connectivity index (χ1n) is 6.32. The normalized spacial score (nSPS) is 21.4. The molecule has 1 aliphatic heterocycles. The number of oxime groups is 1. The molecule has 9 heteroatoms. The summed E-state index contributed by atoms with van der Waals surface area (Å²) < 4.78 is 52.3. The van der Waals surface area contributed by atoms with Crippen molar-refractivity contribution in [1.29, 1.82) is 0 Å². The van der Waals surface area contributed by atoms with Gasteiger partial charge in [-0.05, 0) is 31.0 Å². The lowest BCUT2D eigenvalue weighted by molar-refractivity contribution is 0.281. The Morgan fingerprint density at radius 1 is 1.33 bits per heavy atom. The number of piperidine rings is 1. The summed E-state index contributed by atoms with van der Waals surface area (Å²) in [5.74, 6) is -2.59. The Morgan fingerprint density at radius 3 is 2.67 bits per heavy atom. The van der Waals surface area contributed by atoms with Gasteiger partial charge in [0.15, 0.2) is 17.5 Å². The Morgan fingerprint density at radius 2 is 2.05 bits per heavy atom. The lowest BCUT2D eigenvalue weighted by Crippen LogP contribution is -2.50. The van der Waals surface area contributed by atoms with Crippen LogP contribution < -0.4 is 5.73 Å². The smallest absolute Gasteiger partial charge is 0.243 e. The zero-order valence-electron chi connectivity index (χ0n) is 11.0. The van der Waals surface area contributed by atoms with E-state index in [1.54, 1.807) is 0 Å². The standard InChI is InChI=1S/C12H15F2N3O3S/c13-9-5-4-8(7-10(9)14)21(19,20)17-6-2-1-3-11(17)12(15)16-18/h4-5,7,11,18H,1-3,6H2,(H2,15,16). The maximum absolute atomic E-state index is 13.3. The molecule has 0 aromatic heterocycles. The molecule has 6 nitrogen and oxygen atoms in total. The third-order valence-corrected chi connectivity index (χ3v) is 5.31. The Labute approximate surface area is 120 Å². The molecular formula is C12H15F2N3O3S. The second-order valence-corrected chi connectivity index (χ2v) is 6.62. The Hall–Kier alpha value is -1.74. The summed E-state index contributed by atoms with van der Waals surface area (Å²) >= 11 is 0. The zero-order chi connectivity index (χ0) is 15.6. The fourth-order valence-electron chi connectivity index (χ4n) is 2.33. The number of nitrogens with zero attached hydrogens (tertiary/aromatic N) is 2. The van der Waals surface area contributed by atoms with E-state index in [9.17, 15) is 17.2 Å². The molecule has 1 unspecified atom stereocenters. The predicted molar refractivity (Wildman–Crippen MR) is 71.3 cm³/mol. The maximum Gasteiger partial charge on any atom is 0.243 e. The highest BCUT2D eigenvalue weighted by atomic mass is 32.2. The van der Waals surface area contributed by atoms with Crippen LogP contribution in [0.4, 0.5) is 8.78 Å². The van der Waals surface area contributed by atoms with Gasteiger partial charge < -0.3 is 10.9 Å². The topological polar surface area (TPSA) is 96.0 Å². The van der Waals surface area contributed by atoms with Gasteiger partial charge >= 0.3 is 0 Å². The largest absolute Gasteiger partial charge is 0.409 e. The molecule has 0 spiro atoms. The van der Waals surface area contributed by atoms with Crippen LogP contribution in [0.5, 0.6) is 0 Å². The van der Waals surface area contributed by atoms with Crippen molar-refractivity contribution in [3.8, 4) is 0 Å². The Balaban J connectivity index is 2.42. The average molecular weight is 319 g/mol. The number of sulfonamides is 1. The molecule has 1 fully saturated rings. The third-order valence-electron chi connectivity index (χ3n) is 3.41. The van der Waals surface area contributed by atoms with Gasteiger partial charge in [-0.25, -0.2) is 17.2 Å². The second-order valence-electron chi connectivity index (χ2n) is 4.73. The summed E-state index contributed by atoms with van der Waals surface area (Å²) in [7, 11) is -4.05. The number of halogens is 2. The Bertz CT molecular complexity index is 664. The van der Waals surface area contributed by atoms with Gasteiger partial charge in [0, 0.05) is 6.54 Å². The van der Waals surface area contributed by atoms with Crippen LogP contribution in [0.15, 0.2) is 28.3 Å². The monoisotopic (exact) mass is 319 g/mol. The van der Waals surface area contributed by atoms with Crippen LogP contribution in [0.2, 0.25) is 0 Å². The van der Waals surface area contributed by atoms with Gasteiger partial charge in [-0.1, -0.05) is 11.6 Å². The van der Waals surface area contributed by atoms with Gasteiger partial charge in [0.2, 0.25) is 10.0 Å². The molecule has 1 aromatic rings. The second kappa shape index (κ2) is 5.94. The van der Waals surface area contributed by atoms with Crippen LogP contribution in [0.3, 0.4) is 0 Å². The van der Waals surface area contributed by atoms with E-state index in [1.165, 1.54) is 0 Å². The maximum atomic E-state index is 13.3. The molecule has 1 atom stereocenters. The van der Waals surface area contributed by atoms with Gasteiger partial charge in [-0.2, -0.15) is 4.31 Å². The zero-order valence-corrected chi connectivity index (χ0v) is 11.9. The van der Waals surface area contributed by atoms with E-state index in [2.05, 4.69) is 5.16 Å². The highest BCUT2D eigenvalue weighted by Gasteiger charge is 2.36. The molecule has 2 rings (SSSR count). The fourth-order valence-corrected chi connectivity index (χ4v) is 4.01. The van der Waals surface area contributed by atoms with E-state index in [0.29, 0.717) is 18.9 Å². The summed E-state index contributed by atoms with van der Waals surface area (Å²) in [5, 5.41) is 11.6. The number of nitrogens with two attached hydrogens (primary N) is 1. The van der Waals surface area contributed by atoms with E-state index in [0.717, 1.165) is 22.9 Å². The predicted octanol–water partition coefficient (Wildman–Crippen LogP) is 1.25. The van der Waals surface area contributed by atoms with Crippen molar-refractivity contribution < 1.29 is 22.4 Å². The summed E-state index contributed by atoms with van der Waals surface area (Å²) in [5.41, 5.74) is 5.53.